The van der Waals surface area contributed by atoms with Gasteiger partial charge in [0.1, 0.15) is 5.01 Å². The largest absolute Gasteiger partial charge is 0.376 e. The lowest BCUT2D eigenvalue weighted by Gasteiger charge is -2.13. The summed E-state index contributed by atoms with van der Waals surface area (Å²) in [5, 5.41) is 16.9. The Labute approximate surface area is 109 Å². The molecule has 0 radical (unpaired) electrons. The van der Waals surface area contributed by atoms with E-state index in [-0.39, 0.29) is 16.7 Å². The fraction of sp³-hybridized carbons (Fsp3) is 0.250. The Morgan fingerprint density at radius 3 is 2.83 bits per heavy atom. The van der Waals surface area contributed by atoms with Crippen molar-refractivity contribution in [1.82, 2.24) is 4.98 Å². The molecule has 1 aromatic heterocycles. The van der Waals surface area contributed by atoms with Crippen LogP contribution in [0.2, 0.25) is 0 Å². The zero-order chi connectivity index (χ0) is 13.1. The number of aromatic nitrogens is 1. The molecule has 1 atom stereocenters. The number of nitro groups is 1. The minimum atomic E-state index is -0.383. The molecule has 0 bridgehead atoms. The Balaban J connectivity index is 2.21. The maximum atomic E-state index is 10.8. The summed E-state index contributed by atoms with van der Waals surface area (Å²) in [4.78, 5) is 14.6. The average Bonchev–Trinajstić information content (AvgIpc) is 2.81. The summed E-state index contributed by atoms with van der Waals surface area (Å²) >= 11 is 1.56. The molecule has 0 aliphatic carbocycles. The van der Waals surface area contributed by atoms with Crippen LogP contribution in [0.15, 0.2) is 29.8 Å². The first kappa shape index (κ1) is 12.5. The number of nitro benzene ring substituents is 1. The van der Waals surface area contributed by atoms with Gasteiger partial charge in [-0.2, -0.15) is 0 Å². The Kier molecular flexibility index (Phi) is 3.57. The molecule has 1 heterocycles. The summed E-state index contributed by atoms with van der Waals surface area (Å²) in [6.07, 6.45) is 1.75. The average molecular weight is 263 g/mol. The summed E-state index contributed by atoms with van der Waals surface area (Å²) in [6.45, 7) is 3.82. The second-order valence-electron chi connectivity index (χ2n) is 4.05. The van der Waals surface area contributed by atoms with E-state index < -0.39 is 0 Å². The van der Waals surface area contributed by atoms with Crippen molar-refractivity contribution in [1.29, 1.82) is 0 Å². The van der Waals surface area contributed by atoms with Crippen molar-refractivity contribution in [2.24, 2.45) is 0 Å². The second kappa shape index (κ2) is 5.14. The molecule has 1 N–H and O–H groups in total. The van der Waals surface area contributed by atoms with Gasteiger partial charge < -0.3 is 5.32 Å². The normalized spacial score (nSPS) is 12.1. The topological polar surface area (TPSA) is 68.1 Å². The van der Waals surface area contributed by atoms with Crippen LogP contribution in [-0.4, -0.2) is 9.91 Å². The second-order valence-corrected chi connectivity index (χ2v) is 4.98. The van der Waals surface area contributed by atoms with Crippen molar-refractivity contribution in [3.63, 3.8) is 0 Å². The highest BCUT2D eigenvalue weighted by Gasteiger charge is 2.11. The van der Waals surface area contributed by atoms with E-state index in [1.54, 1.807) is 23.6 Å². The van der Waals surface area contributed by atoms with Crippen LogP contribution < -0.4 is 5.32 Å². The summed E-state index contributed by atoms with van der Waals surface area (Å²) in [6, 6.07) is 5.01. The van der Waals surface area contributed by atoms with E-state index >= 15 is 0 Å². The first-order valence-corrected chi connectivity index (χ1v) is 6.36. The Bertz CT molecular complexity index is 554. The maximum absolute atomic E-state index is 10.8. The smallest absolute Gasteiger partial charge is 0.271 e. The van der Waals surface area contributed by atoms with Gasteiger partial charge in [0.05, 0.1) is 11.0 Å². The van der Waals surface area contributed by atoms with Crippen molar-refractivity contribution >= 4 is 22.7 Å². The molecule has 94 valence electrons. The molecule has 0 saturated heterocycles. The van der Waals surface area contributed by atoms with E-state index in [2.05, 4.69) is 10.3 Å². The molecule has 0 spiro atoms. The fourth-order valence-corrected chi connectivity index (χ4v) is 2.36. The van der Waals surface area contributed by atoms with Crippen molar-refractivity contribution in [2.45, 2.75) is 19.9 Å². The van der Waals surface area contributed by atoms with E-state index in [9.17, 15) is 10.1 Å². The van der Waals surface area contributed by atoms with Gasteiger partial charge in [-0.3, -0.25) is 10.1 Å². The highest BCUT2D eigenvalue weighted by atomic mass is 32.1. The first-order valence-electron chi connectivity index (χ1n) is 5.48. The number of thiazole rings is 1. The molecule has 6 heteroatoms. The minimum absolute atomic E-state index is 0.0337. The zero-order valence-electron chi connectivity index (χ0n) is 10.1. The molecule has 2 rings (SSSR count). The number of nitrogens with zero attached hydrogens (tertiary/aromatic N) is 2. The number of nitrogens with one attached hydrogen (secondary N) is 1. The first-order chi connectivity index (χ1) is 8.56. The Morgan fingerprint density at radius 2 is 2.22 bits per heavy atom. The van der Waals surface area contributed by atoms with Gasteiger partial charge in [0.25, 0.3) is 5.69 Å². The highest BCUT2D eigenvalue weighted by Crippen LogP contribution is 2.25. The van der Waals surface area contributed by atoms with Gasteiger partial charge in [0.15, 0.2) is 0 Å². The van der Waals surface area contributed by atoms with E-state index in [0.717, 1.165) is 16.3 Å². The lowest BCUT2D eigenvalue weighted by Crippen LogP contribution is -2.06. The Morgan fingerprint density at radius 1 is 1.44 bits per heavy atom. The van der Waals surface area contributed by atoms with E-state index in [0.29, 0.717) is 0 Å². The number of aryl methyl sites for hydroxylation is 1. The number of rotatable bonds is 4. The molecular formula is C12H13N3O2S. The standard InChI is InChI=1S/C12H13N3O2S/c1-8-5-10(7-11(6-8)15(16)17)14-9(2)12-13-3-4-18-12/h3-7,9,14H,1-2H3. The van der Waals surface area contributed by atoms with Gasteiger partial charge in [-0.15, -0.1) is 11.3 Å². The van der Waals surface area contributed by atoms with Crippen molar-refractivity contribution in [3.05, 3.63) is 50.5 Å². The highest BCUT2D eigenvalue weighted by molar-refractivity contribution is 7.09. The molecule has 1 aromatic carbocycles. The molecule has 0 aliphatic rings. The molecular weight excluding hydrogens is 250 g/mol. The quantitative estimate of drug-likeness (QED) is 0.676. The molecule has 0 saturated carbocycles. The van der Waals surface area contributed by atoms with Crippen molar-refractivity contribution < 1.29 is 4.92 Å². The molecule has 0 fully saturated rings. The molecule has 2 aromatic rings. The van der Waals surface area contributed by atoms with Gasteiger partial charge in [-0.25, -0.2) is 4.98 Å². The van der Waals surface area contributed by atoms with E-state index in [4.69, 9.17) is 0 Å². The lowest BCUT2D eigenvalue weighted by molar-refractivity contribution is -0.384. The number of benzene rings is 1. The van der Waals surface area contributed by atoms with Crippen LogP contribution in [0.25, 0.3) is 0 Å². The van der Waals surface area contributed by atoms with Crippen LogP contribution >= 0.6 is 11.3 Å². The molecule has 1 unspecified atom stereocenters. The summed E-state index contributed by atoms with van der Waals surface area (Å²) in [5.41, 5.74) is 1.70. The Hall–Kier alpha value is -1.95. The number of hydrogen-bond donors (Lipinski definition) is 1. The third-order valence-electron chi connectivity index (χ3n) is 2.48. The predicted molar refractivity (Wildman–Crippen MR) is 72.0 cm³/mol. The van der Waals surface area contributed by atoms with Crippen molar-refractivity contribution in [2.75, 3.05) is 5.32 Å². The third-order valence-corrected chi connectivity index (χ3v) is 3.44. The van der Waals surface area contributed by atoms with E-state index in [1.165, 1.54) is 6.07 Å². The summed E-state index contributed by atoms with van der Waals surface area (Å²) in [5.74, 6) is 0. The number of non-ortho nitro benzene ring substituents is 1. The summed E-state index contributed by atoms with van der Waals surface area (Å²) < 4.78 is 0. The van der Waals surface area contributed by atoms with Gasteiger partial charge in [0, 0.05) is 29.4 Å². The van der Waals surface area contributed by atoms with Crippen LogP contribution in [-0.2, 0) is 0 Å². The van der Waals surface area contributed by atoms with Gasteiger partial charge in [0.2, 0.25) is 0 Å². The monoisotopic (exact) mass is 263 g/mol. The number of anilines is 1. The lowest BCUT2D eigenvalue weighted by atomic mass is 10.2. The van der Waals surface area contributed by atoms with Gasteiger partial charge >= 0.3 is 0 Å². The number of hydrogen-bond acceptors (Lipinski definition) is 5. The zero-order valence-corrected chi connectivity index (χ0v) is 10.9. The predicted octanol–water partition coefficient (Wildman–Crippen LogP) is 3.53. The van der Waals surface area contributed by atoms with Gasteiger partial charge in [-0.1, -0.05) is 0 Å². The fourth-order valence-electron chi connectivity index (χ4n) is 1.71. The van der Waals surface area contributed by atoms with Gasteiger partial charge in [-0.05, 0) is 25.5 Å². The molecule has 18 heavy (non-hydrogen) atoms. The molecule has 0 aliphatic heterocycles. The summed E-state index contributed by atoms with van der Waals surface area (Å²) in [7, 11) is 0. The van der Waals surface area contributed by atoms with Crippen LogP contribution in [0.1, 0.15) is 23.5 Å². The van der Waals surface area contributed by atoms with Crippen LogP contribution in [0.3, 0.4) is 0 Å². The minimum Gasteiger partial charge on any atom is -0.376 e. The molecule has 5 nitrogen and oxygen atoms in total. The van der Waals surface area contributed by atoms with Crippen LogP contribution in [0, 0.1) is 17.0 Å². The molecule has 0 amide bonds. The SMILES string of the molecule is Cc1cc(NC(C)c2nccs2)cc([N+](=O)[O-])c1. The van der Waals surface area contributed by atoms with Crippen molar-refractivity contribution in [3.8, 4) is 0 Å². The van der Waals surface area contributed by atoms with E-state index in [1.807, 2.05) is 25.3 Å². The maximum Gasteiger partial charge on any atom is 0.271 e. The van der Waals surface area contributed by atoms with Crippen LogP contribution in [0.5, 0.6) is 0 Å². The third kappa shape index (κ3) is 2.84. The van der Waals surface area contributed by atoms with Crippen LogP contribution in [0.4, 0.5) is 11.4 Å².